The number of nitrogens with zero attached hydrogens (tertiary/aromatic N) is 1. The summed E-state index contributed by atoms with van der Waals surface area (Å²) in [5.74, 6) is 0. The van der Waals surface area contributed by atoms with E-state index in [4.69, 9.17) is 11.6 Å². The summed E-state index contributed by atoms with van der Waals surface area (Å²) in [5, 5.41) is 5.20. The maximum Gasteiger partial charge on any atom is 0.248 e. The fourth-order valence-corrected chi connectivity index (χ4v) is 2.81. The summed E-state index contributed by atoms with van der Waals surface area (Å²) in [6, 6.07) is 7.45. The molecule has 4 nitrogen and oxygen atoms in total. The molecule has 1 aromatic carbocycles. The van der Waals surface area contributed by atoms with Crippen LogP contribution in [0.25, 0.3) is 10.8 Å². The number of anilines is 1. The largest absolute Gasteiger partial charge is 0.380 e. The normalized spacial score (nSPS) is 10.8. The average molecular weight is 292 g/mol. The van der Waals surface area contributed by atoms with Crippen LogP contribution in [0.3, 0.4) is 0 Å². The maximum atomic E-state index is 11.4. The molecule has 0 fully saturated rings. The van der Waals surface area contributed by atoms with E-state index in [2.05, 4.69) is 15.3 Å². The van der Waals surface area contributed by atoms with E-state index < -0.39 is 0 Å². The molecule has 0 aliphatic rings. The van der Waals surface area contributed by atoms with E-state index in [9.17, 15) is 4.79 Å². The number of hydrogen-bond acceptors (Lipinski definition) is 4. The highest BCUT2D eigenvalue weighted by molar-refractivity contribution is 7.15. The summed E-state index contributed by atoms with van der Waals surface area (Å²) < 4.78 is 0.533. The average Bonchev–Trinajstić information content (AvgIpc) is 2.82. The number of benzene rings is 1. The molecule has 3 aromatic rings. The Balaban J connectivity index is 1.92. The molecule has 96 valence electrons. The van der Waals surface area contributed by atoms with Gasteiger partial charge in [-0.25, -0.2) is 4.98 Å². The van der Waals surface area contributed by atoms with Crippen molar-refractivity contribution in [2.45, 2.75) is 6.54 Å². The van der Waals surface area contributed by atoms with Gasteiger partial charge in [-0.3, -0.25) is 4.79 Å². The number of aromatic nitrogens is 2. The summed E-state index contributed by atoms with van der Waals surface area (Å²) in [6.07, 6.45) is 3.46. The van der Waals surface area contributed by atoms with Gasteiger partial charge >= 0.3 is 0 Å². The number of thiazole rings is 1. The van der Waals surface area contributed by atoms with Gasteiger partial charge in [0.15, 0.2) is 4.47 Å². The Morgan fingerprint density at radius 3 is 3.11 bits per heavy atom. The van der Waals surface area contributed by atoms with Crippen LogP contribution in [0, 0.1) is 0 Å². The highest BCUT2D eigenvalue weighted by Crippen LogP contribution is 2.23. The van der Waals surface area contributed by atoms with Crippen molar-refractivity contribution in [1.82, 2.24) is 9.97 Å². The van der Waals surface area contributed by atoms with E-state index in [0.29, 0.717) is 11.0 Å². The van der Waals surface area contributed by atoms with Crippen molar-refractivity contribution in [3.63, 3.8) is 0 Å². The molecule has 0 unspecified atom stereocenters. The second kappa shape index (κ2) is 5.03. The zero-order chi connectivity index (χ0) is 13.2. The Hall–Kier alpha value is -1.85. The van der Waals surface area contributed by atoms with Crippen LogP contribution in [-0.4, -0.2) is 9.97 Å². The van der Waals surface area contributed by atoms with Crippen molar-refractivity contribution in [2.75, 3.05) is 5.32 Å². The number of fused-ring (bicyclic) bond motifs is 1. The smallest absolute Gasteiger partial charge is 0.248 e. The lowest BCUT2D eigenvalue weighted by atomic mass is 10.1. The quantitative estimate of drug-likeness (QED) is 0.779. The van der Waals surface area contributed by atoms with Crippen LogP contribution in [0.5, 0.6) is 0 Å². The Kier molecular flexibility index (Phi) is 3.23. The molecule has 2 heterocycles. The predicted octanol–water partition coefficient (Wildman–Crippen LogP) is 3.25. The Bertz CT molecular complexity index is 781. The van der Waals surface area contributed by atoms with Crippen LogP contribution in [0.15, 0.2) is 41.5 Å². The lowest BCUT2D eigenvalue weighted by Gasteiger charge is -2.08. The first kappa shape index (κ1) is 12.2. The lowest BCUT2D eigenvalue weighted by molar-refractivity contribution is 1.18. The van der Waals surface area contributed by atoms with Crippen LogP contribution in [0.4, 0.5) is 5.69 Å². The molecule has 0 radical (unpaired) electrons. The van der Waals surface area contributed by atoms with Gasteiger partial charge in [-0.1, -0.05) is 23.7 Å². The molecular formula is C13H10ClN3OS. The molecule has 0 amide bonds. The SMILES string of the molecule is O=c1cc2c(NCc3cnc(Cl)s3)cccc2c[nH]1. The number of H-pyrrole nitrogens is 1. The molecule has 3 rings (SSSR count). The van der Waals surface area contributed by atoms with Crippen molar-refractivity contribution in [3.05, 3.63) is 56.4 Å². The van der Waals surface area contributed by atoms with Crippen LogP contribution in [0.1, 0.15) is 4.88 Å². The summed E-state index contributed by atoms with van der Waals surface area (Å²) in [4.78, 5) is 19.1. The van der Waals surface area contributed by atoms with Crippen molar-refractivity contribution in [2.24, 2.45) is 0 Å². The van der Waals surface area contributed by atoms with Crippen LogP contribution in [0.2, 0.25) is 4.47 Å². The second-order valence-electron chi connectivity index (χ2n) is 4.04. The van der Waals surface area contributed by atoms with Crippen molar-refractivity contribution in [3.8, 4) is 0 Å². The van der Waals surface area contributed by atoms with E-state index in [1.165, 1.54) is 11.3 Å². The van der Waals surface area contributed by atoms with Gasteiger partial charge in [-0.15, -0.1) is 11.3 Å². The molecule has 0 saturated carbocycles. The number of halogens is 1. The fraction of sp³-hybridized carbons (Fsp3) is 0.0769. The molecule has 0 saturated heterocycles. The van der Waals surface area contributed by atoms with Gasteiger partial charge in [0.2, 0.25) is 5.56 Å². The van der Waals surface area contributed by atoms with E-state index in [1.54, 1.807) is 18.5 Å². The first-order valence-electron chi connectivity index (χ1n) is 5.68. The zero-order valence-corrected chi connectivity index (χ0v) is 11.4. The van der Waals surface area contributed by atoms with Crippen molar-refractivity contribution >= 4 is 39.4 Å². The number of rotatable bonds is 3. The minimum atomic E-state index is -0.109. The maximum absolute atomic E-state index is 11.4. The minimum Gasteiger partial charge on any atom is -0.380 e. The van der Waals surface area contributed by atoms with Crippen LogP contribution < -0.4 is 10.9 Å². The van der Waals surface area contributed by atoms with E-state index in [0.717, 1.165) is 21.3 Å². The highest BCUT2D eigenvalue weighted by atomic mass is 35.5. The molecule has 0 aliphatic carbocycles. The molecular weight excluding hydrogens is 282 g/mol. The number of pyridine rings is 1. The van der Waals surface area contributed by atoms with Crippen LogP contribution >= 0.6 is 22.9 Å². The standard InChI is InChI=1S/C13H10ClN3OS/c14-13-17-7-9(19-13)6-15-11-3-1-2-8-5-16-12(18)4-10(8)11/h1-5,7,15H,6H2,(H,16,18). The molecule has 0 atom stereocenters. The van der Waals surface area contributed by atoms with Gasteiger partial charge < -0.3 is 10.3 Å². The minimum absolute atomic E-state index is 0.109. The summed E-state index contributed by atoms with van der Waals surface area (Å²) in [5.41, 5.74) is 0.815. The third kappa shape index (κ3) is 2.62. The third-order valence-electron chi connectivity index (χ3n) is 2.76. The molecule has 0 spiro atoms. The lowest BCUT2D eigenvalue weighted by Crippen LogP contribution is -2.04. The zero-order valence-electron chi connectivity index (χ0n) is 9.81. The van der Waals surface area contributed by atoms with Gasteiger partial charge in [0.1, 0.15) is 0 Å². The Labute approximate surface area is 118 Å². The van der Waals surface area contributed by atoms with Gasteiger partial charge in [-0.05, 0) is 6.07 Å². The van der Waals surface area contributed by atoms with E-state index in [-0.39, 0.29) is 5.56 Å². The second-order valence-corrected chi connectivity index (χ2v) is 5.74. The number of aromatic amines is 1. The molecule has 0 aliphatic heterocycles. The van der Waals surface area contributed by atoms with Gasteiger partial charge in [-0.2, -0.15) is 0 Å². The topological polar surface area (TPSA) is 57.8 Å². The summed E-state index contributed by atoms with van der Waals surface area (Å²) >= 11 is 7.23. The molecule has 2 aromatic heterocycles. The summed E-state index contributed by atoms with van der Waals surface area (Å²) in [6.45, 7) is 0.635. The first-order chi connectivity index (χ1) is 9.22. The number of nitrogens with one attached hydrogen (secondary N) is 2. The van der Waals surface area contributed by atoms with Crippen LogP contribution in [-0.2, 0) is 6.54 Å². The molecule has 2 N–H and O–H groups in total. The van der Waals surface area contributed by atoms with Gasteiger partial charge in [0, 0.05) is 39.8 Å². The highest BCUT2D eigenvalue weighted by Gasteiger charge is 2.03. The predicted molar refractivity (Wildman–Crippen MR) is 79.0 cm³/mol. The third-order valence-corrected chi connectivity index (χ3v) is 3.88. The van der Waals surface area contributed by atoms with E-state index in [1.807, 2.05) is 18.2 Å². The van der Waals surface area contributed by atoms with Crippen molar-refractivity contribution < 1.29 is 0 Å². The Morgan fingerprint density at radius 2 is 2.32 bits per heavy atom. The van der Waals surface area contributed by atoms with Gasteiger partial charge in [0.25, 0.3) is 0 Å². The number of hydrogen-bond donors (Lipinski definition) is 2. The van der Waals surface area contributed by atoms with Crippen molar-refractivity contribution in [1.29, 1.82) is 0 Å². The monoisotopic (exact) mass is 291 g/mol. The molecule has 0 bridgehead atoms. The molecule has 19 heavy (non-hydrogen) atoms. The van der Waals surface area contributed by atoms with E-state index >= 15 is 0 Å². The Morgan fingerprint density at radius 1 is 1.42 bits per heavy atom. The summed E-state index contributed by atoms with van der Waals surface area (Å²) in [7, 11) is 0. The first-order valence-corrected chi connectivity index (χ1v) is 6.87. The van der Waals surface area contributed by atoms with Gasteiger partial charge in [0.05, 0.1) is 6.54 Å². The fourth-order valence-electron chi connectivity index (χ4n) is 1.89. The molecule has 6 heteroatoms.